The molecule has 0 unspecified atom stereocenters. The maximum absolute atomic E-state index is 13.1. The summed E-state index contributed by atoms with van der Waals surface area (Å²) in [6.07, 6.45) is 4.65. The summed E-state index contributed by atoms with van der Waals surface area (Å²) < 4.78 is 6.00. The Balaban J connectivity index is 1.43. The van der Waals surface area contributed by atoms with Crippen LogP contribution in [-0.4, -0.2) is 40.1 Å². The van der Waals surface area contributed by atoms with E-state index >= 15 is 0 Å². The van der Waals surface area contributed by atoms with Crippen molar-refractivity contribution in [3.05, 3.63) is 59.2 Å². The molecular formula is C27H32N2O5. The molecule has 1 saturated heterocycles. The van der Waals surface area contributed by atoms with Crippen molar-refractivity contribution in [3.63, 3.8) is 0 Å². The molecule has 1 atom stereocenters. The zero-order chi connectivity index (χ0) is 24.3. The summed E-state index contributed by atoms with van der Waals surface area (Å²) in [5.74, 6) is -1.14. The number of amides is 2. The van der Waals surface area contributed by atoms with Crippen LogP contribution in [0, 0.1) is 19.8 Å². The molecule has 2 aromatic rings. The van der Waals surface area contributed by atoms with E-state index in [-0.39, 0.29) is 30.6 Å². The minimum atomic E-state index is -1.68. The second kappa shape index (κ2) is 9.87. The molecule has 7 heteroatoms. The Morgan fingerprint density at radius 2 is 1.68 bits per heavy atom. The van der Waals surface area contributed by atoms with Gasteiger partial charge in [-0.25, -0.2) is 4.79 Å². The molecule has 1 aliphatic carbocycles. The van der Waals surface area contributed by atoms with E-state index in [0.29, 0.717) is 18.7 Å². The van der Waals surface area contributed by atoms with Crippen LogP contribution in [0.2, 0.25) is 0 Å². The van der Waals surface area contributed by atoms with E-state index in [1.165, 1.54) is 4.90 Å². The quantitative estimate of drug-likeness (QED) is 0.631. The summed E-state index contributed by atoms with van der Waals surface area (Å²) in [5.41, 5.74) is 2.03. The Hall–Kier alpha value is -3.35. The summed E-state index contributed by atoms with van der Waals surface area (Å²) in [7, 11) is 0. The zero-order valence-corrected chi connectivity index (χ0v) is 19.8. The number of anilines is 1. The second-order valence-corrected chi connectivity index (χ2v) is 9.51. The molecule has 2 amide bonds. The summed E-state index contributed by atoms with van der Waals surface area (Å²) >= 11 is 0. The summed E-state index contributed by atoms with van der Waals surface area (Å²) in [5, 5.41) is 13.0. The number of nitrogens with one attached hydrogen (secondary N) is 1. The van der Waals surface area contributed by atoms with Gasteiger partial charge in [0.15, 0.2) is 0 Å². The van der Waals surface area contributed by atoms with E-state index in [4.69, 9.17) is 4.74 Å². The fraction of sp³-hybridized carbons (Fsp3) is 0.444. The SMILES string of the molecule is Cc1cc(C)cc(NC(=O)Cc2ccc(O[C@@]3(C(=O)O)CCCN3C(=O)C3CCCC3)cc2)c1. The first kappa shape index (κ1) is 23.8. The number of nitrogens with zero attached hydrogens (tertiary/aromatic N) is 1. The Morgan fingerprint density at radius 3 is 2.29 bits per heavy atom. The molecule has 2 N–H and O–H groups in total. The molecule has 4 rings (SSSR count). The average molecular weight is 465 g/mol. The fourth-order valence-electron chi connectivity index (χ4n) is 5.15. The second-order valence-electron chi connectivity index (χ2n) is 9.51. The highest BCUT2D eigenvalue weighted by Crippen LogP contribution is 2.37. The molecule has 0 bridgehead atoms. The number of rotatable bonds is 7. The van der Waals surface area contributed by atoms with Crippen molar-refractivity contribution >= 4 is 23.5 Å². The van der Waals surface area contributed by atoms with E-state index in [1.807, 2.05) is 32.0 Å². The number of ether oxygens (including phenoxy) is 1. The normalized spacial score (nSPS) is 20.4. The van der Waals surface area contributed by atoms with Gasteiger partial charge in [0.05, 0.1) is 6.42 Å². The molecule has 34 heavy (non-hydrogen) atoms. The van der Waals surface area contributed by atoms with E-state index < -0.39 is 11.7 Å². The van der Waals surface area contributed by atoms with Crippen LogP contribution in [0.15, 0.2) is 42.5 Å². The summed E-state index contributed by atoms with van der Waals surface area (Å²) in [6.45, 7) is 4.36. The number of carbonyl (C=O) groups is 3. The highest BCUT2D eigenvalue weighted by Gasteiger charge is 2.53. The van der Waals surface area contributed by atoms with Crippen LogP contribution in [0.1, 0.15) is 55.2 Å². The first-order valence-electron chi connectivity index (χ1n) is 12.0. The zero-order valence-electron chi connectivity index (χ0n) is 19.8. The van der Waals surface area contributed by atoms with Crippen molar-refractivity contribution in [2.75, 3.05) is 11.9 Å². The van der Waals surface area contributed by atoms with Crippen molar-refractivity contribution in [3.8, 4) is 5.75 Å². The van der Waals surface area contributed by atoms with Crippen molar-refractivity contribution in [1.29, 1.82) is 0 Å². The molecule has 2 aromatic carbocycles. The van der Waals surface area contributed by atoms with E-state index in [0.717, 1.165) is 48.1 Å². The van der Waals surface area contributed by atoms with Gasteiger partial charge in [0, 0.05) is 24.6 Å². The lowest BCUT2D eigenvalue weighted by atomic mass is 10.0. The van der Waals surface area contributed by atoms with Crippen LogP contribution in [0.5, 0.6) is 5.75 Å². The molecule has 7 nitrogen and oxygen atoms in total. The number of hydrogen-bond donors (Lipinski definition) is 2. The Morgan fingerprint density at radius 1 is 1.03 bits per heavy atom. The molecule has 1 aliphatic heterocycles. The molecule has 1 heterocycles. The molecule has 0 spiro atoms. The monoisotopic (exact) mass is 464 g/mol. The summed E-state index contributed by atoms with van der Waals surface area (Å²) in [6, 6.07) is 12.7. The van der Waals surface area contributed by atoms with Gasteiger partial charge in [-0.1, -0.05) is 31.0 Å². The smallest absolute Gasteiger partial charge is 0.370 e. The Kier molecular flexibility index (Phi) is 6.91. The highest BCUT2D eigenvalue weighted by atomic mass is 16.5. The van der Waals surface area contributed by atoms with Gasteiger partial charge >= 0.3 is 5.97 Å². The van der Waals surface area contributed by atoms with Gasteiger partial charge in [0.2, 0.25) is 11.8 Å². The van der Waals surface area contributed by atoms with Crippen LogP contribution in [0.25, 0.3) is 0 Å². The number of carboxylic acid groups (broad SMARTS) is 1. The third-order valence-electron chi connectivity index (χ3n) is 6.72. The fourth-order valence-corrected chi connectivity index (χ4v) is 5.15. The van der Waals surface area contributed by atoms with E-state index in [2.05, 4.69) is 5.32 Å². The number of benzene rings is 2. The number of carbonyl (C=O) groups excluding carboxylic acids is 2. The number of aliphatic carboxylic acids is 1. The highest BCUT2D eigenvalue weighted by molar-refractivity contribution is 5.92. The standard InChI is InChI=1S/C27H32N2O5/c1-18-14-19(2)16-22(15-18)28-24(30)17-20-8-10-23(11-9-20)34-27(26(32)33)12-5-13-29(27)25(31)21-6-3-4-7-21/h8-11,14-16,21H,3-7,12-13,17H2,1-2H3,(H,28,30)(H,32,33)/t27-/m1/s1. The lowest BCUT2D eigenvalue weighted by Crippen LogP contribution is -2.58. The third-order valence-corrected chi connectivity index (χ3v) is 6.72. The van der Waals surface area contributed by atoms with Crippen molar-refractivity contribution in [1.82, 2.24) is 4.90 Å². The minimum absolute atomic E-state index is 0.112. The molecule has 180 valence electrons. The number of aryl methyl sites for hydroxylation is 2. The van der Waals surface area contributed by atoms with E-state index in [1.54, 1.807) is 24.3 Å². The molecular weight excluding hydrogens is 432 g/mol. The lowest BCUT2D eigenvalue weighted by molar-refractivity contribution is -0.178. The first-order chi connectivity index (χ1) is 16.3. The predicted octanol–water partition coefficient (Wildman–Crippen LogP) is 4.46. The lowest BCUT2D eigenvalue weighted by Gasteiger charge is -2.36. The van der Waals surface area contributed by atoms with Gasteiger partial charge in [-0.2, -0.15) is 0 Å². The average Bonchev–Trinajstić information content (AvgIpc) is 3.45. The van der Waals surface area contributed by atoms with Gasteiger partial charge in [-0.3, -0.25) is 14.5 Å². The molecule has 2 aliphatic rings. The van der Waals surface area contributed by atoms with Crippen molar-refractivity contribution in [2.24, 2.45) is 5.92 Å². The van der Waals surface area contributed by atoms with Gasteiger partial charge in [-0.05, 0) is 74.1 Å². The molecule has 0 radical (unpaired) electrons. The maximum atomic E-state index is 13.1. The maximum Gasteiger partial charge on any atom is 0.370 e. The van der Waals surface area contributed by atoms with Crippen LogP contribution >= 0.6 is 0 Å². The van der Waals surface area contributed by atoms with Gasteiger partial charge in [0.25, 0.3) is 5.72 Å². The third kappa shape index (κ3) is 5.08. The summed E-state index contributed by atoms with van der Waals surface area (Å²) in [4.78, 5) is 39.3. The minimum Gasteiger partial charge on any atom is -0.477 e. The first-order valence-corrected chi connectivity index (χ1v) is 12.0. The van der Waals surface area contributed by atoms with E-state index in [9.17, 15) is 19.5 Å². The largest absolute Gasteiger partial charge is 0.477 e. The van der Waals surface area contributed by atoms with Crippen molar-refractivity contribution < 1.29 is 24.2 Å². The molecule has 0 aromatic heterocycles. The van der Waals surface area contributed by atoms with Crippen LogP contribution in [0.4, 0.5) is 5.69 Å². The number of likely N-dealkylation sites (tertiary alicyclic amines) is 1. The van der Waals surface area contributed by atoms with Crippen molar-refractivity contribution in [2.45, 2.75) is 64.5 Å². The van der Waals surface area contributed by atoms with Crippen LogP contribution in [0.3, 0.4) is 0 Å². The van der Waals surface area contributed by atoms with Crippen LogP contribution in [-0.2, 0) is 20.8 Å². The van der Waals surface area contributed by atoms with Gasteiger partial charge < -0.3 is 15.2 Å². The Labute approximate surface area is 200 Å². The number of carboxylic acids is 1. The Bertz CT molecular complexity index is 1050. The number of hydrogen-bond acceptors (Lipinski definition) is 4. The molecule has 2 fully saturated rings. The van der Waals surface area contributed by atoms with Gasteiger partial charge in [0.1, 0.15) is 5.75 Å². The molecule has 1 saturated carbocycles. The van der Waals surface area contributed by atoms with Crippen LogP contribution < -0.4 is 10.1 Å². The predicted molar refractivity (Wildman–Crippen MR) is 129 cm³/mol. The van der Waals surface area contributed by atoms with Gasteiger partial charge in [-0.15, -0.1) is 0 Å². The topological polar surface area (TPSA) is 95.9 Å².